The molecule has 2 nitrogen and oxygen atoms in total. The summed E-state index contributed by atoms with van der Waals surface area (Å²) in [5, 5.41) is 3.48. The molecule has 2 atom stereocenters. The molecular weight excluding hydrogens is 210 g/mol. The van der Waals surface area contributed by atoms with E-state index in [1.165, 1.54) is 57.8 Å². The molecule has 0 bridgehead atoms. The predicted molar refractivity (Wildman–Crippen MR) is 72.2 cm³/mol. The van der Waals surface area contributed by atoms with Crippen molar-refractivity contribution >= 4 is 0 Å². The van der Waals surface area contributed by atoms with Crippen LogP contribution in [0.1, 0.15) is 57.8 Å². The van der Waals surface area contributed by atoms with Gasteiger partial charge in [-0.3, -0.25) is 0 Å². The van der Waals surface area contributed by atoms with Gasteiger partial charge in [-0.25, -0.2) is 0 Å². The van der Waals surface area contributed by atoms with Crippen molar-refractivity contribution in [2.75, 3.05) is 13.7 Å². The summed E-state index contributed by atoms with van der Waals surface area (Å²) in [5.41, 5.74) is 1.68. The van der Waals surface area contributed by atoms with Crippen LogP contribution in [0.5, 0.6) is 0 Å². The molecule has 17 heavy (non-hydrogen) atoms. The number of ether oxygens (including phenoxy) is 1. The van der Waals surface area contributed by atoms with Gasteiger partial charge in [-0.2, -0.15) is 0 Å². The Bertz CT molecular complexity index is 243. The summed E-state index contributed by atoms with van der Waals surface area (Å²) >= 11 is 0. The van der Waals surface area contributed by atoms with E-state index in [0.717, 1.165) is 6.61 Å². The SMILES string of the molecule is CNC(CCC1CCCO1)CC1=CCCCC1. The molecule has 1 aliphatic carbocycles. The summed E-state index contributed by atoms with van der Waals surface area (Å²) in [4.78, 5) is 0. The van der Waals surface area contributed by atoms with Crippen LogP contribution < -0.4 is 5.32 Å². The first-order valence-electron chi connectivity index (χ1n) is 7.35. The molecule has 2 aliphatic rings. The molecule has 0 amide bonds. The zero-order valence-corrected chi connectivity index (χ0v) is 11.2. The fourth-order valence-electron chi connectivity index (χ4n) is 3.01. The van der Waals surface area contributed by atoms with Crippen LogP contribution in [0.3, 0.4) is 0 Å². The van der Waals surface area contributed by atoms with Crippen molar-refractivity contribution in [3.8, 4) is 0 Å². The van der Waals surface area contributed by atoms with E-state index in [-0.39, 0.29) is 0 Å². The Labute approximate surface area is 106 Å². The van der Waals surface area contributed by atoms with Gasteiger partial charge in [0.05, 0.1) is 6.10 Å². The molecule has 2 rings (SSSR count). The van der Waals surface area contributed by atoms with Gasteiger partial charge in [0.25, 0.3) is 0 Å². The molecule has 0 aromatic carbocycles. The van der Waals surface area contributed by atoms with E-state index in [0.29, 0.717) is 12.1 Å². The molecule has 2 heteroatoms. The van der Waals surface area contributed by atoms with E-state index in [1.54, 1.807) is 5.57 Å². The highest BCUT2D eigenvalue weighted by atomic mass is 16.5. The van der Waals surface area contributed by atoms with Gasteiger partial charge in [-0.15, -0.1) is 0 Å². The Balaban J connectivity index is 1.69. The lowest BCUT2D eigenvalue weighted by atomic mass is 9.92. The van der Waals surface area contributed by atoms with Gasteiger partial charge in [0, 0.05) is 12.6 Å². The highest BCUT2D eigenvalue weighted by molar-refractivity contribution is 5.06. The quantitative estimate of drug-likeness (QED) is 0.715. The summed E-state index contributed by atoms with van der Waals surface area (Å²) < 4.78 is 5.70. The van der Waals surface area contributed by atoms with Crippen molar-refractivity contribution in [1.29, 1.82) is 0 Å². The Morgan fingerprint density at radius 2 is 2.35 bits per heavy atom. The van der Waals surface area contributed by atoms with Crippen molar-refractivity contribution in [2.45, 2.75) is 69.9 Å². The summed E-state index contributed by atoms with van der Waals surface area (Å²) in [6, 6.07) is 0.656. The molecule has 1 N–H and O–H groups in total. The third kappa shape index (κ3) is 4.44. The van der Waals surface area contributed by atoms with Crippen LogP contribution in [0, 0.1) is 0 Å². The molecule has 0 spiro atoms. The average Bonchev–Trinajstić information content (AvgIpc) is 2.89. The Morgan fingerprint density at radius 3 is 3.00 bits per heavy atom. The van der Waals surface area contributed by atoms with E-state index < -0.39 is 0 Å². The normalized spacial score (nSPS) is 26.9. The molecule has 0 saturated carbocycles. The molecule has 98 valence electrons. The highest BCUT2D eigenvalue weighted by Crippen LogP contribution is 2.24. The summed E-state index contributed by atoms with van der Waals surface area (Å²) in [7, 11) is 2.10. The van der Waals surface area contributed by atoms with Gasteiger partial charge in [0.1, 0.15) is 0 Å². The lowest BCUT2D eigenvalue weighted by molar-refractivity contribution is 0.0998. The summed E-state index contributed by atoms with van der Waals surface area (Å²) in [6.45, 7) is 0.986. The van der Waals surface area contributed by atoms with E-state index in [4.69, 9.17) is 4.74 Å². The van der Waals surface area contributed by atoms with Gasteiger partial charge in [0.2, 0.25) is 0 Å². The second-order valence-electron chi connectivity index (χ2n) is 5.51. The topological polar surface area (TPSA) is 21.3 Å². The second kappa shape index (κ2) is 7.17. The lowest BCUT2D eigenvalue weighted by Crippen LogP contribution is -2.27. The maximum absolute atomic E-state index is 5.70. The van der Waals surface area contributed by atoms with Crippen LogP contribution in [0.25, 0.3) is 0 Å². The fourth-order valence-corrected chi connectivity index (χ4v) is 3.01. The molecule has 0 aromatic heterocycles. The van der Waals surface area contributed by atoms with Gasteiger partial charge in [-0.1, -0.05) is 11.6 Å². The van der Waals surface area contributed by atoms with Crippen molar-refractivity contribution in [3.05, 3.63) is 11.6 Å². The maximum Gasteiger partial charge on any atom is 0.0576 e. The molecule has 1 aliphatic heterocycles. The van der Waals surface area contributed by atoms with Crippen molar-refractivity contribution < 1.29 is 4.74 Å². The van der Waals surface area contributed by atoms with Crippen LogP contribution in [-0.2, 0) is 4.74 Å². The van der Waals surface area contributed by atoms with Crippen LogP contribution in [-0.4, -0.2) is 25.8 Å². The molecule has 0 radical (unpaired) electrons. The smallest absolute Gasteiger partial charge is 0.0576 e. The van der Waals surface area contributed by atoms with Crippen molar-refractivity contribution in [2.24, 2.45) is 0 Å². The predicted octanol–water partition coefficient (Wildman–Crippen LogP) is 3.42. The van der Waals surface area contributed by atoms with Crippen molar-refractivity contribution in [1.82, 2.24) is 5.32 Å². The van der Waals surface area contributed by atoms with Crippen LogP contribution in [0.4, 0.5) is 0 Å². The summed E-state index contributed by atoms with van der Waals surface area (Å²) in [5.74, 6) is 0. The lowest BCUT2D eigenvalue weighted by Gasteiger charge is -2.21. The Morgan fingerprint density at radius 1 is 1.41 bits per heavy atom. The zero-order chi connectivity index (χ0) is 11.9. The number of hydrogen-bond acceptors (Lipinski definition) is 2. The second-order valence-corrected chi connectivity index (χ2v) is 5.51. The zero-order valence-electron chi connectivity index (χ0n) is 11.2. The molecule has 2 unspecified atom stereocenters. The van der Waals surface area contributed by atoms with E-state index >= 15 is 0 Å². The van der Waals surface area contributed by atoms with Crippen LogP contribution in [0.2, 0.25) is 0 Å². The van der Waals surface area contributed by atoms with Crippen LogP contribution in [0.15, 0.2) is 11.6 Å². The molecular formula is C15H27NO. The number of hydrogen-bond donors (Lipinski definition) is 1. The minimum atomic E-state index is 0.547. The van der Waals surface area contributed by atoms with E-state index in [1.807, 2.05) is 0 Å². The first-order chi connectivity index (χ1) is 8.38. The Hall–Kier alpha value is -0.340. The minimum Gasteiger partial charge on any atom is -0.378 e. The monoisotopic (exact) mass is 237 g/mol. The first-order valence-corrected chi connectivity index (χ1v) is 7.35. The third-order valence-corrected chi connectivity index (χ3v) is 4.16. The van der Waals surface area contributed by atoms with Gasteiger partial charge in [0.15, 0.2) is 0 Å². The molecule has 1 saturated heterocycles. The Kier molecular flexibility index (Phi) is 5.53. The third-order valence-electron chi connectivity index (χ3n) is 4.16. The highest BCUT2D eigenvalue weighted by Gasteiger charge is 2.18. The standard InChI is InChI=1S/C15H27NO/c1-16-14(9-10-15-8-5-11-17-15)12-13-6-3-2-4-7-13/h6,14-16H,2-5,7-12H2,1H3. The molecule has 1 heterocycles. The first kappa shape index (κ1) is 13.1. The minimum absolute atomic E-state index is 0.547. The van der Waals surface area contributed by atoms with Gasteiger partial charge in [-0.05, 0) is 64.8 Å². The van der Waals surface area contributed by atoms with Gasteiger partial charge < -0.3 is 10.1 Å². The number of nitrogens with one attached hydrogen (secondary N) is 1. The van der Waals surface area contributed by atoms with Crippen LogP contribution >= 0.6 is 0 Å². The summed E-state index contributed by atoms with van der Waals surface area (Å²) in [6.07, 6.45) is 14.7. The molecule has 1 fully saturated rings. The van der Waals surface area contributed by atoms with Crippen molar-refractivity contribution in [3.63, 3.8) is 0 Å². The largest absolute Gasteiger partial charge is 0.378 e. The maximum atomic E-state index is 5.70. The molecule has 0 aromatic rings. The number of rotatable bonds is 6. The fraction of sp³-hybridized carbons (Fsp3) is 0.867. The average molecular weight is 237 g/mol. The van der Waals surface area contributed by atoms with E-state index in [9.17, 15) is 0 Å². The van der Waals surface area contributed by atoms with Gasteiger partial charge >= 0.3 is 0 Å². The number of allylic oxidation sites excluding steroid dienone is 1. The van der Waals surface area contributed by atoms with E-state index in [2.05, 4.69) is 18.4 Å².